The van der Waals surface area contributed by atoms with Gasteiger partial charge in [0.05, 0.1) is 6.10 Å². The molecular weight excluding hydrogens is 236 g/mol. The molecule has 1 aromatic heterocycles. The molecule has 1 aliphatic carbocycles. The highest BCUT2D eigenvalue weighted by Gasteiger charge is 2.28. The quantitative estimate of drug-likeness (QED) is 0.808. The monoisotopic (exact) mass is 246 g/mol. The van der Waals surface area contributed by atoms with Gasteiger partial charge in [0.2, 0.25) is 0 Å². The van der Waals surface area contributed by atoms with Crippen molar-refractivity contribution < 1.29 is 5.11 Å². The van der Waals surface area contributed by atoms with Crippen LogP contribution in [0.3, 0.4) is 0 Å². The largest absolute Gasteiger partial charge is 0.392 e. The Hall–Kier alpha value is 0.140. The Morgan fingerprint density at radius 1 is 1.50 bits per heavy atom. The van der Waals surface area contributed by atoms with E-state index < -0.39 is 0 Å². The van der Waals surface area contributed by atoms with Crippen LogP contribution >= 0.6 is 27.3 Å². The maximum Gasteiger partial charge on any atom is 0.0617 e. The van der Waals surface area contributed by atoms with Gasteiger partial charge in [0.1, 0.15) is 0 Å². The van der Waals surface area contributed by atoms with Crippen molar-refractivity contribution in [3.63, 3.8) is 0 Å². The molecule has 0 bridgehead atoms. The summed E-state index contributed by atoms with van der Waals surface area (Å²) in [5, 5.41) is 11.7. The summed E-state index contributed by atoms with van der Waals surface area (Å²) in [5.74, 6) is 0.388. The number of aliphatic hydroxyl groups excluding tert-OH is 1. The lowest BCUT2D eigenvalue weighted by molar-refractivity contribution is 0.165. The van der Waals surface area contributed by atoms with Crippen molar-refractivity contribution >= 4 is 27.3 Å². The van der Waals surface area contributed by atoms with E-state index in [0.717, 1.165) is 19.3 Å². The van der Waals surface area contributed by atoms with Crippen LogP contribution in [0.1, 0.15) is 30.1 Å². The standard InChI is InChI=1S/C9H11BrOS/c10-7-4-5-12-9(7)6-2-1-3-8(6)11/h4-6,8,11H,1-3H2/t6-,8-/m1/s1. The molecular formula is C9H11BrOS. The Bertz CT molecular complexity index is 271. The molecule has 0 aromatic carbocycles. The fourth-order valence-electron chi connectivity index (χ4n) is 1.82. The maximum absolute atomic E-state index is 9.67. The third-order valence-corrected chi connectivity index (χ3v) is 4.46. The van der Waals surface area contributed by atoms with Gasteiger partial charge in [0, 0.05) is 15.3 Å². The SMILES string of the molecule is O[C@@H]1CCC[C@H]1c1sccc1Br. The Morgan fingerprint density at radius 3 is 2.83 bits per heavy atom. The third-order valence-electron chi connectivity index (χ3n) is 2.46. The van der Waals surface area contributed by atoms with Crippen LogP contribution in [0.5, 0.6) is 0 Å². The smallest absolute Gasteiger partial charge is 0.0617 e. The topological polar surface area (TPSA) is 20.2 Å². The van der Waals surface area contributed by atoms with Crippen LogP contribution in [0.4, 0.5) is 0 Å². The molecule has 2 rings (SSSR count). The highest BCUT2D eigenvalue weighted by molar-refractivity contribution is 9.10. The molecule has 3 heteroatoms. The fourth-order valence-corrected chi connectivity index (χ4v) is 3.68. The van der Waals surface area contributed by atoms with E-state index in [-0.39, 0.29) is 6.10 Å². The van der Waals surface area contributed by atoms with Gasteiger partial charge in [0.25, 0.3) is 0 Å². The molecule has 0 unspecified atom stereocenters. The summed E-state index contributed by atoms with van der Waals surface area (Å²) in [4.78, 5) is 1.32. The van der Waals surface area contributed by atoms with Crippen LogP contribution in [0.15, 0.2) is 15.9 Å². The minimum absolute atomic E-state index is 0.111. The summed E-state index contributed by atoms with van der Waals surface area (Å²) < 4.78 is 1.17. The average molecular weight is 247 g/mol. The number of thiophene rings is 1. The first-order chi connectivity index (χ1) is 5.79. The van der Waals surface area contributed by atoms with E-state index in [1.165, 1.54) is 9.35 Å². The summed E-state index contributed by atoms with van der Waals surface area (Å²) in [5.41, 5.74) is 0. The zero-order valence-corrected chi connectivity index (χ0v) is 9.07. The summed E-state index contributed by atoms with van der Waals surface area (Å²) in [6.45, 7) is 0. The van der Waals surface area contributed by atoms with Crippen LogP contribution < -0.4 is 0 Å². The molecule has 0 spiro atoms. The van der Waals surface area contributed by atoms with Crippen LogP contribution in [-0.4, -0.2) is 11.2 Å². The molecule has 12 heavy (non-hydrogen) atoms. The number of aliphatic hydroxyl groups is 1. The number of hydrogen-bond acceptors (Lipinski definition) is 2. The Kier molecular flexibility index (Phi) is 2.53. The molecule has 0 radical (unpaired) electrons. The van der Waals surface area contributed by atoms with Gasteiger partial charge in [-0.3, -0.25) is 0 Å². The van der Waals surface area contributed by atoms with Gasteiger partial charge in [-0.05, 0) is 40.2 Å². The normalized spacial score (nSPS) is 29.5. The molecule has 1 nitrogen and oxygen atoms in total. The van der Waals surface area contributed by atoms with Gasteiger partial charge < -0.3 is 5.11 Å². The molecule has 1 heterocycles. The summed E-state index contributed by atoms with van der Waals surface area (Å²) in [6, 6.07) is 2.06. The molecule has 1 saturated carbocycles. The molecule has 2 atom stereocenters. The number of hydrogen-bond donors (Lipinski definition) is 1. The molecule has 0 amide bonds. The summed E-state index contributed by atoms with van der Waals surface area (Å²) >= 11 is 5.25. The molecule has 1 fully saturated rings. The van der Waals surface area contributed by atoms with E-state index in [1.54, 1.807) is 11.3 Å². The first-order valence-corrected chi connectivity index (χ1v) is 5.87. The van der Waals surface area contributed by atoms with Crippen molar-refractivity contribution in [1.82, 2.24) is 0 Å². The highest BCUT2D eigenvalue weighted by Crippen LogP contribution is 2.40. The zero-order chi connectivity index (χ0) is 8.55. The fraction of sp³-hybridized carbons (Fsp3) is 0.556. The van der Waals surface area contributed by atoms with E-state index in [9.17, 15) is 5.11 Å². The minimum atomic E-state index is -0.111. The Morgan fingerprint density at radius 2 is 2.33 bits per heavy atom. The Balaban J connectivity index is 2.24. The van der Waals surface area contributed by atoms with Gasteiger partial charge in [-0.25, -0.2) is 0 Å². The predicted octanol–water partition coefficient (Wildman–Crippen LogP) is 3.14. The van der Waals surface area contributed by atoms with Gasteiger partial charge >= 0.3 is 0 Å². The summed E-state index contributed by atoms with van der Waals surface area (Å²) in [7, 11) is 0. The van der Waals surface area contributed by atoms with Gasteiger partial charge in [-0.2, -0.15) is 0 Å². The van der Waals surface area contributed by atoms with Gasteiger partial charge in [0.15, 0.2) is 0 Å². The first-order valence-electron chi connectivity index (χ1n) is 4.20. The van der Waals surface area contributed by atoms with E-state index in [1.807, 2.05) is 0 Å². The second-order valence-corrected chi connectivity index (χ2v) is 5.04. The van der Waals surface area contributed by atoms with Crippen molar-refractivity contribution in [3.05, 3.63) is 20.8 Å². The van der Waals surface area contributed by atoms with Gasteiger partial charge in [-0.15, -0.1) is 11.3 Å². The molecule has 1 N–H and O–H groups in total. The number of rotatable bonds is 1. The van der Waals surface area contributed by atoms with Crippen molar-refractivity contribution in [2.75, 3.05) is 0 Å². The first kappa shape index (κ1) is 8.73. The highest BCUT2D eigenvalue weighted by atomic mass is 79.9. The molecule has 1 aromatic rings. The second-order valence-electron chi connectivity index (χ2n) is 3.24. The van der Waals surface area contributed by atoms with Crippen LogP contribution in [-0.2, 0) is 0 Å². The van der Waals surface area contributed by atoms with Crippen molar-refractivity contribution in [3.8, 4) is 0 Å². The van der Waals surface area contributed by atoms with Crippen molar-refractivity contribution in [2.24, 2.45) is 0 Å². The predicted molar refractivity (Wildman–Crippen MR) is 54.6 cm³/mol. The lowest BCUT2D eigenvalue weighted by Crippen LogP contribution is -2.09. The second kappa shape index (κ2) is 3.48. The van der Waals surface area contributed by atoms with E-state index in [4.69, 9.17) is 0 Å². The third kappa shape index (κ3) is 1.45. The zero-order valence-electron chi connectivity index (χ0n) is 6.66. The molecule has 66 valence electrons. The minimum Gasteiger partial charge on any atom is -0.392 e. The Labute approximate surface area is 84.6 Å². The van der Waals surface area contributed by atoms with E-state index >= 15 is 0 Å². The van der Waals surface area contributed by atoms with Crippen LogP contribution in [0.2, 0.25) is 0 Å². The lowest BCUT2D eigenvalue weighted by Gasteiger charge is -2.12. The molecule has 0 aliphatic heterocycles. The molecule has 1 aliphatic rings. The van der Waals surface area contributed by atoms with Crippen molar-refractivity contribution in [2.45, 2.75) is 31.3 Å². The average Bonchev–Trinajstić information content (AvgIpc) is 2.59. The van der Waals surface area contributed by atoms with Crippen LogP contribution in [0, 0.1) is 0 Å². The van der Waals surface area contributed by atoms with Crippen molar-refractivity contribution in [1.29, 1.82) is 0 Å². The maximum atomic E-state index is 9.67. The van der Waals surface area contributed by atoms with E-state index in [2.05, 4.69) is 27.4 Å². The van der Waals surface area contributed by atoms with E-state index in [0.29, 0.717) is 5.92 Å². The van der Waals surface area contributed by atoms with Gasteiger partial charge in [-0.1, -0.05) is 6.42 Å². The molecule has 0 saturated heterocycles. The number of halogens is 1. The summed E-state index contributed by atoms with van der Waals surface area (Å²) in [6.07, 6.45) is 3.16. The lowest BCUT2D eigenvalue weighted by atomic mass is 10.0. The van der Waals surface area contributed by atoms with Crippen LogP contribution in [0.25, 0.3) is 0 Å².